The molecule has 3 heterocycles. The zero-order valence-electron chi connectivity index (χ0n) is 15.8. The number of fused-ring (bicyclic) bond motifs is 3. The van der Waals surface area contributed by atoms with Gasteiger partial charge in [0.25, 0.3) is 0 Å². The fourth-order valence-corrected chi connectivity index (χ4v) is 8.44. The summed E-state index contributed by atoms with van der Waals surface area (Å²) in [6, 6.07) is 8.86. The molecule has 2 bridgehead atoms. The number of amides is 1. The SMILES string of the molecule is COC(=O)C1CC23CCCN4CCC5(c6ccccc6N(C=O)C15CC2)C43. The maximum Gasteiger partial charge on any atom is 0.311 e. The molecule has 27 heavy (non-hydrogen) atoms. The summed E-state index contributed by atoms with van der Waals surface area (Å²) in [5.74, 6) is -0.362. The molecule has 2 saturated heterocycles. The second-order valence-electron chi connectivity index (χ2n) is 9.32. The zero-order valence-corrected chi connectivity index (χ0v) is 15.8. The fraction of sp³-hybridized carbons (Fsp3) is 0.636. The number of carbonyl (C=O) groups is 2. The minimum absolute atomic E-state index is 0.129. The van der Waals surface area contributed by atoms with Crippen LogP contribution in [-0.2, 0) is 19.7 Å². The van der Waals surface area contributed by atoms with E-state index in [0.29, 0.717) is 6.04 Å². The lowest BCUT2D eigenvalue weighted by Crippen LogP contribution is -2.78. The Bertz CT molecular complexity index is 856. The van der Waals surface area contributed by atoms with Crippen LogP contribution in [-0.4, -0.2) is 49.1 Å². The van der Waals surface area contributed by atoms with Crippen molar-refractivity contribution in [3.8, 4) is 0 Å². The van der Waals surface area contributed by atoms with Gasteiger partial charge in [-0.2, -0.15) is 0 Å². The van der Waals surface area contributed by atoms with Gasteiger partial charge in [0.1, 0.15) is 0 Å². The van der Waals surface area contributed by atoms with Crippen LogP contribution in [0.25, 0.3) is 0 Å². The summed E-state index contributed by atoms with van der Waals surface area (Å²) in [7, 11) is 1.50. The summed E-state index contributed by atoms with van der Waals surface area (Å²) in [6.07, 6.45) is 7.32. The minimum Gasteiger partial charge on any atom is -0.469 e. The molecule has 1 aromatic rings. The van der Waals surface area contributed by atoms with Gasteiger partial charge in [0, 0.05) is 17.1 Å². The normalized spacial score (nSPS) is 43.8. The number of carbonyl (C=O) groups excluding carboxylic acids is 2. The van der Waals surface area contributed by atoms with Crippen molar-refractivity contribution in [1.82, 2.24) is 4.90 Å². The number of piperidine rings is 1. The molecule has 5 atom stereocenters. The van der Waals surface area contributed by atoms with E-state index in [2.05, 4.69) is 23.1 Å². The van der Waals surface area contributed by atoms with Crippen LogP contribution in [0.4, 0.5) is 5.69 Å². The summed E-state index contributed by atoms with van der Waals surface area (Å²) in [5.41, 5.74) is 1.89. The van der Waals surface area contributed by atoms with Crippen molar-refractivity contribution in [3.05, 3.63) is 29.8 Å². The van der Waals surface area contributed by atoms with Gasteiger partial charge in [-0.25, -0.2) is 0 Å². The number of hydrogen-bond donors (Lipinski definition) is 0. The first-order valence-corrected chi connectivity index (χ1v) is 10.3. The highest BCUT2D eigenvalue weighted by atomic mass is 16.5. The molecule has 5 fully saturated rings. The number of esters is 1. The Balaban J connectivity index is 1.69. The number of anilines is 1. The molecule has 3 aliphatic heterocycles. The molecular weight excluding hydrogens is 340 g/mol. The number of para-hydroxylation sites is 1. The lowest BCUT2D eigenvalue weighted by molar-refractivity contribution is -0.175. The summed E-state index contributed by atoms with van der Waals surface area (Å²) in [5, 5.41) is 0. The van der Waals surface area contributed by atoms with Crippen LogP contribution in [0.5, 0.6) is 0 Å². The highest BCUT2D eigenvalue weighted by Gasteiger charge is 2.80. The van der Waals surface area contributed by atoms with Crippen LogP contribution < -0.4 is 4.90 Å². The molecule has 0 aromatic heterocycles. The topological polar surface area (TPSA) is 49.9 Å². The molecule has 3 saturated carbocycles. The van der Waals surface area contributed by atoms with Gasteiger partial charge in [0.15, 0.2) is 0 Å². The third-order valence-corrected chi connectivity index (χ3v) is 8.95. The summed E-state index contributed by atoms with van der Waals surface area (Å²) < 4.78 is 5.32. The standard InChI is InChI=1S/C22H26N2O3/c1-27-18(26)16-13-20-7-4-11-23-12-10-21(19(20)23)15-5-2-3-6-17(15)24(14-25)22(16,21)9-8-20/h2-3,5-6,14,16,19H,4,7-13H2,1H3. The molecule has 142 valence electrons. The van der Waals surface area contributed by atoms with Gasteiger partial charge in [-0.05, 0) is 68.7 Å². The van der Waals surface area contributed by atoms with Crippen molar-refractivity contribution in [2.45, 2.75) is 55.5 Å². The van der Waals surface area contributed by atoms with E-state index in [1.54, 1.807) is 0 Å². The van der Waals surface area contributed by atoms with Crippen LogP contribution in [0.1, 0.15) is 44.1 Å². The Morgan fingerprint density at radius 2 is 2.04 bits per heavy atom. The van der Waals surface area contributed by atoms with Crippen molar-refractivity contribution >= 4 is 18.1 Å². The van der Waals surface area contributed by atoms with Gasteiger partial charge >= 0.3 is 5.97 Å². The van der Waals surface area contributed by atoms with Crippen molar-refractivity contribution in [2.24, 2.45) is 11.3 Å². The number of methoxy groups -OCH3 is 1. The average molecular weight is 366 g/mol. The van der Waals surface area contributed by atoms with Gasteiger partial charge in [-0.1, -0.05) is 18.2 Å². The Morgan fingerprint density at radius 3 is 2.85 bits per heavy atom. The van der Waals surface area contributed by atoms with E-state index >= 15 is 0 Å². The van der Waals surface area contributed by atoms with Crippen molar-refractivity contribution in [1.29, 1.82) is 0 Å². The van der Waals surface area contributed by atoms with Gasteiger partial charge in [0.2, 0.25) is 6.41 Å². The largest absolute Gasteiger partial charge is 0.469 e. The van der Waals surface area contributed by atoms with Gasteiger partial charge in [-0.15, -0.1) is 0 Å². The number of ether oxygens (including phenoxy) is 1. The predicted octanol–water partition coefficient (Wildman–Crippen LogP) is 2.48. The van der Waals surface area contributed by atoms with Gasteiger partial charge in [-0.3, -0.25) is 14.5 Å². The van der Waals surface area contributed by atoms with Crippen molar-refractivity contribution < 1.29 is 14.3 Å². The second-order valence-corrected chi connectivity index (χ2v) is 9.32. The smallest absolute Gasteiger partial charge is 0.311 e. The first-order chi connectivity index (χ1) is 13.1. The minimum atomic E-state index is -0.468. The molecule has 5 heteroatoms. The average Bonchev–Trinajstić information content (AvgIpc) is 3.23. The first kappa shape index (κ1) is 16.1. The predicted molar refractivity (Wildman–Crippen MR) is 100 cm³/mol. The van der Waals surface area contributed by atoms with E-state index < -0.39 is 5.54 Å². The van der Waals surface area contributed by atoms with Crippen LogP contribution in [0.3, 0.4) is 0 Å². The third-order valence-electron chi connectivity index (χ3n) is 8.95. The molecule has 1 aromatic carbocycles. The Kier molecular flexibility index (Phi) is 2.94. The van der Waals surface area contributed by atoms with E-state index in [1.807, 2.05) is 11.0 Å². The van der Waals surface area contributed by atoms with E-state index in [9.17, 15) is 9.59 Å². The summed E-state index contributed by atoms with van der Waals surface area (Å²) >= 11 is 0. The number of rotatable bonds is 2. The molecular formula is C22H26N2O3. The number of nitrogens with zero attached hydrogens (tertiary/aromatic N) is 2. The number of hydrogen-bond acceptors (Lipinski definition) is 4. The second kappa shape index (κ2) is 4.93. The Labute approximate surface area is 159 Å². The molecule has 5 nitrogen and oxygen atoms in total. The molecule has 7 rings (SSSR count). The first-order valence-electron chi connectivity index (χ1n) is 10.3. The van der Waals surface area contributed by atoms with Gasteiger partial charge < -0.3 is 9.64 Å². The zero-order chi connectivity index (χ0) is 18.4. The highest BCUT2D eigenvalue weighted by molar-refractivity contribution is 5.90. The molecule has 3 spiro atoms. The number of benzene rings is 1. The van der Waals surface area contributed by atoms with Crippen LogP contribution in [0.15, 0.2) is 24.3 Å². The summed E-state index contributed by atoms with van der Waals surface area (Å²) in [6.45, 7) is 2.22. The van der Waals surface area contributed by atoms with E-state index in [-0.39, 0.29) is 22.7 Å². The van der Waals surface area contributed by atoms with Crippen molar-refractivity contribution in [2.75, 3.05) is 25.1 Å². The van der Waals surface area contributed by atoms with Gasteiger partial charge in [0.05, 0.1) is 18.6 Å². The van der Waals surface area contributed by atoms with Crippen LogP contribution in [0.2, 0.25) is 0 Å². The lowest BCUT2D eigenvalue weighted by Gasteiger charge is -2.69. The summed E-state index contributed by atoms with van der Waals surface area (Å²) in [4.78, 5) is 30.2. The van der Waals surface area contributed by atoms with Crippen molar-refractivity contribution in [3.63, 3.8) is 0 Å². The highest BCUT2D eigenvalue weighted by Crippen LogP contribution is 2.75. The third kappa shape index (κ3) is 1.49. The van der Waals surface area contributed by atoms with Crippen LogP contribution in [0, 0.1) is 11.3 Å². The fourth-order valence-electron chi connectivity index (χ4n) is 8.44. The Hall–Kier alpha value is -1.88. The molecule has 6 aliphatic rings. The molecule has 0 radical (unpaired) electrons. The molecule has 1 amide bonds. The molecule has 5 unspecified atom stereocenters. The van der Waals surface area contributed by atoms with E-state index in [4.69, 9.17) is 4.74 Å². The molecule has 0 N–H and O–H groups in total. The maximum absolute atomic E-state index is 13.1. The lowest BCUT2D eigenvalue weighted by atomic mass is 9.38. The maximum atomic E-state index is 13.1. The van der Waals surface area contributed by atoms with E-state index in [0.717, 1.165) is 50.9 Å². The molecule has 3 aliphatic carbocycles. The van der Waals surface area contributed by atoms with E-state index in [1.165, 1.54) is 25.5 Å². The quantitative estimate of drug-likeness (QED) is 0.596. The Morgan fingerprint density at radius 1 is 1.19 bits per heavy atom. The van der Waals surface area contributed by atoms with Crippen LogP contribution >= 0.6 is 0 Å². The monoisotopic (exact) mass is 366 g/mol.